The summed E-state index contributed by atoms with van der Waals surface area (Å²) >= 11 is 0. The Labute approximate surface area is 159 Å². The van der Waals surface area contributed by atoms with Gasteiger partial charge in [0.2, 0.25) is 11.0 Å². The molecule has 0 unspecified atom stereocenters. The van der Waals surface area contributed by atoms with Crippen LogP contribution in [0, 0.1) is 25.4 Å². The zero-order valence-electron chi connectivity index (χ0n) is 14.9. The Balaban J connectivity index is 2.08. The molecule has 154 valence electrons. The van der Waals surface area contributed by atoms with Crippen molar-refractivity contribution in [1.82, 2.24) is 13.6 Å². The normalized spacial score (nSPS) is 16.2. The Morgan fingerprint density at radius 1 is 1.07 bits per heavy atom. The van der Waals surface area contributed by atoms with Crippen molar-refractivity contribution in [3.05, 3.63) is 43.6 Å². The van der Waals surface area contributed by atoms with E-state index in [0.717, 1.165) is 21.4 Å². The highest BCUT2D eigenvalue weighted by Gasteiger charge is 2.31. The SMILES string of the molecule is CN(C)S(=O)(=O)N1CCN(/[N+]([O-])=N\Oc2ccc([N+](=O)[O-])cc2[N+](=O)[O-])CC1. The Kier molecular flexibility index (Phi) is 6.26. The van der Waals surface area contributed by atoms with E-state index in [2.05, 4.69) is 5.28 Å². The maximum absolute atomic E-state index is 12.0. The first kappa shape index (κ1) is 21.2. The lowest BCUT2D eigenvalue weighted by Crippen LogP contribution is -2.53. The van der Waals surface area contributed by atoms with Gasteiger partial charge < -0.3 is 5.21 Å². The van der Waals surface area contributed by atoms with Crippen LogP contribution in [0.25, 0.3) is 0 Å². The highest BCUT2D eigenvalue weighted by Crippen LogP contribution is 2.31. The summed E-state index contributed by atoms with van der Waals surface area (Å²) in [5.41, 5.74) is -1.25. The van der Waals surface area contributed by atoms with Gasteiger partial charge in [-0.25, -0.2) is 0 Å². The minimum absolute atomic E-state index is 0.0196. The lowest BCUT2D eigenvalue weighted by Gasteiger charge is -2.32. The lowest BCUT2D eigenvalue weighted by molar-refractivity contribution is -0.708. The van der Waals surface area contributed by atoms with Gasteiger partial charge in [-0.3, -0.25) is 25.1 Å². The molecule has 0 aliphatic carbocycles. The molecule has 1 aromatic rings. The molecular formula is C12H17N7O8S. The van der Waals surface area contributed by atoms with Crippen LogP contribution >= 0.6 is 0 Å². The van der Waals surface area contributed by atoms with Crippen LogP contribution in [0.3, 0.4) is 0 Å². The van der Waals surface area contributed by atoms with Crippen LogP contribution in [0.1, 0.15) is 0 Å². The Hall–Kier alpha value is -3.11. The first-order valence-electron chi connectivity index (χ1n) is 7.74. The van der Waals surface area contributed by atoms with Crippen molar-refractivity contribution < 1.29 is 28.1 Å². The fraction of sp³-hybridized carbons (Fsp3) is 0.500. The summed E-state index contributed by atoms with van der Waals surface area (Å²) in [6.07, 6.45) is 0. The van der Waals surface area contributed by atoms with Crippen LogP contribution < -0.4 is 4.84 Å². The molecule has 28 heavy (non-hydrogen) atoms. The number of hydrogen-bond acceptors (Lipinski definition) is 9. The highest BCUT2D eigenvalue weighted by atomic mass is 32.2. The topological polar surface area (TPSA) is 178 Å². The Bertz CT molecular complexity index is 895. The molecule has 0 atom stereocenters. The molecule has 0 amide bonds. The van der Waals surface area contributed by atoms with Crippen LogP contribution in [-0.2, 0) is 10.2 Å². The second-order valence-electron chi connectivity index (χ2n) is 5.73. The number of nitrogens with zero attached hydrogens (tertiary/aromatic N) is 7. The molecule has 1 saturated heterocycles. The molecule has 0 bridgehead atoms. The summed E-state index contributed by atoms with van der Waals surface area (Å²) in [5, 5.41) is 38.1. The Morgan fingerprint density at radius 2 is 1.68 bits per heavy atom. The Morgan fingerprint density at radius 3 is 2.18 bits per heavy atom. The summed E-state index contributed by atoms with van der Waals surface area (Å²) in [7, 11) is -0.822. The molecule has 0 aromatic heterocycles. The van der Waals surface area contributed by atoms with Crippen LogP contribution in [0.15, 0.2) is 23.5 Å². The van der Waals surface area contributed by atoms with Crippen molar-refractivity contribution in [2.75, 3.05) is 40.3 Å². The van der Waals surface area contributed by atoms with Gasteiger partial charge >= 0.3 is 5.69 Å². The third-order valence-electron chi connectivity index (χ3n) is 3.80. The van der Waals surface area contributed by atoms with E-state index in [1.807, 2.05) is 0 Å². The minimum atomic E-state index is -3.60. The largest absolute Gasteiger partial charge is 0.569 e. The molecule has 1 aliphatic rings. The number of hydrazine groups is 1. The number of piperazine rings is 1. The molecule has 0 radical (unpaired) electrons. The summed E-state index contributed by atoms with van der Waals surface area (Å²) < 4.78 is 26.3. The number of hydrogen-bond donors (Lipinski definition) is 0. The second-order valence-corrected chi connectivity index (χ2v) is 7.88. The van der Waals surface area contributed by atoms with E-state index in [1.165, 1.54) is 18.4 Å². The molecule has 1 aliphatic heterocycles. The van der Waals surface area contributed by atoms with Crippen LogP contribution in [0.4, 0.5) is 11.4 Å². The third-order valence-corrected chi connectivity index (χ3v) is 5.74. The van der Waals surface area contributed by atoms with Crippen molar-refractivity contribution in [1.29, 1.82) is 0 Å². The first-order chi connectivity index (χ1) is 13.0. The minimum Gasteiger partial charge on any atom is -0.569 e. The molecule has 16 heteroatoms. The molecule has 0 spiro atoms. The fourth-order valence-corrected chi connectivity index (χ4v) is 3.37. The second kappa shape index (κ2) is 8.28. The lowest BCUT2D eigenvalue weighted by atomic mass is 10.2. The smallest absolute Gasteiger partial charge is 0.321 e. The van der Waals surface area contributed by atoms with Gasteiger partial charge in [0.05, 0.1) is 34.0 Å². The molecule has 0 N–H and O–H groups in total. The number of nitro groups is 2. The van der Waals surface area contributed by atoms with E-state index < -0.39 is 37.2 Å². The van der Waals surface area contributed by atoms with Gasteiger partial charge in [-0.2, -0.15) is 17.0 Å². The molecular weight excluding hydrogens is 402 g/mol. The summed E-state index contributed by atoms with van der Waals surface area (Å²) in [6, 6.07) is 2.61. The van der Waals surface area contributed by atoms with E-state index in [4.69, 9.17) is 4.84 Å². The van der Waals surface area contributed by atoms with E-state index in [1.54, 1.807) is 0 Å². The number of non-ortho nitro benzene ring substituents is 1. The van der Waals surface area contributed by atoms with Gasteiger partial charge in [0.1, 0.15) is 0 Å². The number of benzene rings is 1. The van der Waals surface area contributed by atoms with Crippen LogP contribution in [0.5, 0.6) is 5.75 Å². The summed E-state index contributed by atoms with van der Waals surface area (Å²) in [5.74, 6) is -0.453. The number of rotatable bonds is 7. The standard InChI is InChI=1S/C12H17N7O8S/c1-14(2)28(25,26)16-7-5-15(6-8-16)19(24)13-27-12-4-3-10(17(20)21)9-11(12)18(22)23/h3-4,9H,5-8H2,1-2H3/b19-13+. The van der Waals surface area contributed by atoms with E-state index >= 15 is 0 Å². The van der Waals surface area contributed by atoms with E-state index in [9.17, 15) is 33.9 Å². The molecule has 1 aromatic carbocycles. The van der Waals surface area contributed by atoms with Gasteiger partial charge in [0.15, 0.2) is 0 Å². The van der Waals surface area contributed by atoms with Crippen LogP contribution in [-0.4, -0.2) is 77.1 Å². The van der Waals surface area contributed by atoms with Crippen LogP contribution in [0.2, 0.25) is 0 Å². The van der Waals surface area contributed by atoms with Crippen molar-refractivity contribution >= 4 is 21.6 Å². The fourth-order valence-electron chi connectivity index (χ4n) is 2.28. The van der Waals surface area contributed by atoms with E-state index in [-0.39, 0.29) is 31.1 Å². The van der Waals surface area contributed by atoms with Crippen molar-refractivity contribution in [2.24, 2.45) is 5.28 Å². The van der Waals surface area contributed by atoms with Gasteiger partial charge in [-0.1, -0.05) is 0 Å². The van der Waals surface area contributed by atoms with Crippen molar-refractivity contribution in [3.8, 4) is 5.75 Å². The van der Waals surface area contributed by atoms with E-state index in [0.29, 0.717) is 6.07 Å². The maximum Gasteiger partial charge on any atom is 0.321 e. The van der Waals surface area contributed by atoms with Crippen molar-refractivity contribution in [2.45, 2.75) is 0 Å². The molecule has 1 fully saturated rings. The molecule has 0 saturated carbocycles. The third kappa shape index (κ3) is 4.59. The zero-order chi connectivity index (χ0) is 21.1. The first-order valence-corrected chi connectivity index (χ1v) is 9.14. The molecule has 2 rings (SSSR count). The van der Waals surface area contributed by atoms with Crippen molar-refractivity contribution in [3.63, 3.8) is 0 Å². The maximum atomic E-state index is 12.0. The average molecular weight is 419 g/mol. The van der Waals surface area contributed by atoms with Gasteiger partial charge in [-0.05, 0) is 6.07 Å². The summed E-state index contributed by atoms with van der Waals surface area (Å²) in [6.45, 7) is 0.108. The van der Waals surface area contributed by atoms with Gasteiger partial charge in [0.25, 0.3) is 15.9 Å². The average Bonchev–Trinajstić information content (AvgIpc) is 2.65. The predicted molar refractivity (Wildman–Crippen MR) is 92.2 cm³/mol. The van der Waals surface area contributed by atoms with Gasteiger partial charge in [0, 0.05) is 33.3 Å². The van der Waals surface area contributed by atoms with Gasteiger partial charge in [-0.15, -0.1) is 5.01 Å². The number of nitro benzene ring substituents is 2. The highest BCUT2D eigenvalue weighted by molar-refractivity contribution is 7.86. The predicted octanol–water partition coefficient (Wildman–Crippen LogP) is 0.0983. The quantitative estimate of drug-likeness (QED) is 0.256. The molecule has 1 heterocycles. The monoisotopic (exact) mass is 419 g/mol. The summed E-state index contributed by atoms with van der Waals surface area (Å²) in [4.78, 5) is 24.8. The zero-order valence-corrected chi connectivity index (χ0v) is 15.7. The molecule has 15 nitrogen and oxygen atoms in total.